The van der Waals surface area contributed by atoms with Gasteiger partial charge < -0.3 is 14.1 Å². The van der Waals surface area contributed by atoms with E-state index in [4.69, 9.17) is 9.15 Å². The quantitative estimate of drug-likeness (QED) is 0.843. The van der Waals surface area contributed by atoms with Crippen LogP contribution in [0, 0.1) is 0 Å². The minimum absolute atomic E-state index is 0.0113. The lowest BCUT2D eigenvalue weighted by atomic mass is 9.87. The van der Waals surface area contributed by atoms with E-state index in [1.165, 1.54) is 30.2 Å². The molecule has 5 rings (SSSR count). The largest absolute Gasteiger partial charge is 0.448 e. The molecule has 130 valence electrons. The van der Waals surface area contributed by atoms with Crippen LogP contribution in [0.3, 0.4) is 0 Å². The number of carbonyl (C=O) groups excluding carboxylic acids is 1. The molecule has 1 saturated heterocycles. The molecule has 0 unspecified atom stereocenters. The minimum atomic E-state index is -0.0113. The summed E-state index contributed by atoms with van der Waals surface area (Å²) in [6.45, 7) is 2.93. The molecule has 1 spiro atoms. The summed E-state index contributed by atoms with van der Waals surface area (Å²) < 4.78 is 11.0. The van der Waals surface area contributed by atoms with Gasteiger partial charge in [0.15, 0.2) is 11.6 Å². The van der Waals surface area contributed by atoms with Crippen molar-refractivity contribution in [3.05, 3.63) is 53.2 Å². The van der Waals surface area contributed by atoms with Gasteiger partial charge in [0.2, 0.25) is 0 Å². The molecular formula is C20H22N2O3. The van der Waals surface area contributed by atoms with Gasteiger partial charge in [-0.1, -0.05) is 24.3 Å². The predicted molar refractivity (Wildman–Crippen MR) is 91.4 cm³/mol. The fraction of sp³-hybridized carbons (Fsp3) is 0.500. The molecule has 0 radical (unpaired) electrons. The Kier molecular flexibility index (Phi) is 3.45. The van der Waals surface area contributed by atoms with Gasteiger partial charge in [-0.05, 0) is 36.8 Å². The Morgan fingerprint density at radius 3 is 2.80 bits per heavy atom. The van der Waals surface area contributed by atoms with Crippen LogP contribution in [0.5, 0.6) is 0 Å². The Hall–Kier alpha value is -2.14. The number of nitrogens with zero attached hydrogens (tertiary/aromatic N) is 2. The third kappa shape index (κ3) is 2.58. The first-order valence-corrected chi connectivity index (χ1v) is 9.16. The van der Waals surface area contributed by atoms with Crippen molar-refractivity contribution in [2.45, 2.75) is 43.6 Å². The molecule has 2 fully saturated rings. The number of fused-ring (bicyclic) bond motifs is 2. The molecule has 1 aromatic heterocycles. The van der Waals surface area contributed by atoms with Crippen molar-refractivity contribution in [3.8, 4) is 0 Å². The molecule has 0 bridgehead atoms. The number of amides is 1. The lowest BCUT2D eigenvalue weighted by Crippen LogP contribution is -2.41. The van der Waals surface area contributed by atoms with E-state index < -0.39 is 0 Å². The zero-order valence-corrected chi connectivity index (χ0v) is 14.2. The highest BCUT2D eigenvalue weighted by molar-refractivity contribution is 5.92. The van der Waals surface area contributed by atoms with E-state index in [9.17, 15) is 4.79 Å². The standard InChI is InChI=1S/C20H22N2O3/c23-19(17-12-25-18(21-17)14-5-9-24-10-6-14)22-11-15-3-1-2-4-16(15)20(13-22)7-8-20/h1-4,12,14H,5-11,13H2. The minimum Gasteiger partial charge on any atom is -0.448 e. The zero-order chi connectivity index (χ0) is 16.9. The van der Waals surface area contributed by atoms with Gasteiger partial charge in [0.1, 0.15) is 6.26 Å². The van der Waals surface area contributed by atoms with Crippen molar-refractivity contribution in [1.82, 2.24) is 9.88 Å². The van der Waals surface area contributed by atoms with Crippen LogP contribution in [0.15, 0.2) is 34.9 Å². The molecule has 5 heteroatoms. The number of ether oxygens (including phenoxy) is 1. The molecule has 1 aromatic carbocycles. The van der Waals surface area contributed by atoms with Crippen LogP contribution in [0.2, 0.25) is 0 Å². The van der Waals surface area contributed by atoms with Crippen LogP contribution < -0.4 is 0 Å². The number of rotatable bonds is 2. The Balaban J connectivity index is 1.38. The van der Waals surface area contributed by atoms with Crippen LogP contribution in [0.25, 0.3) is 0 Å². The summed E-state index contributed by atoms with van der Waals surface area (Å²) in [7, 11) is 0. The number of oxazole rings is 1. The smallest absolute Gasteiger partial charge is 0.276 e. The normalized spacial score (nSPS) is 22.0. The Morgan fingerprint density at radius 2 is 2.00 bits per heavy atom. The van der Waals surface area contributed by atoms with E-state index >= 15 is 0 Å². The molecule has 1 saturated carbocycles. The van der Waals surface area contributed by atoms with Gasteiger partial charge in [0.25, 0.3) is 5.91 Å². The van der Waals surface area contributed by atoms with E-state index in [1.807, 2.05) is 4.90 Å². The Labute approximate surface area is 147 Å². The summed E-state index contributed by atoms with van der Waals surface area (Å²) in [6.07, 6.45) is 5.69. The topological polar surface area (TPSA) is 55.6 Å². The Bertz CT molecular complexity index is 803. The lowest BCUT2D eigenvalue weighted by molar-refractivity contribution is 0.0703. The number of benzene rings is 1. The van der Waals surface area contributed by atoms with E-state index in [-0.39, 0.29) is 17.2 Å². The molecule has 2 aliphatic heterocycles. The average Bonchev–Trinajstić information content (AvgIpc) is 3.25. The van der Waals surface area contributed by atoms with E-state index in [0.717, 1.165) is 32.6 Å². The lowest BCUT2D eigenvalue weighted by Gasteiger charge is -2.34. The van der Waals surface area contributed by atoms with E-state index in [2.05, 4.69) is 29.2 Å². The maximum Gasteiger partial charge on any atom is 0.276 e. The van der Waals surface area contributed by atoms with Gasteiger partial charge in [-0.3, -0.25) is 4.79 Å². The van der Waals surface area contributed by atoms with Crippen molar-refractivity contribution in [2.75, 3.05) is 19.8 Å². The van der Waals surface area contributed by atoms with E-state index in [1.54, 1.807) is 0 Å². The predicted octanol–water partition coefficient (Wildman–Crippen LogP) is 3.26. The molecule has 3 heterocycles. The van der Waals surface area contributed by atoms with Crippen LogP contribution in [0.4, 0.5) is 0 Å². The SMILES string of the molecule is O=C(c1coc(C2CCOCC2)n1)N1Cc2ccccc2C2(CC2)C1. The summed E-state index contributed by atoms with van der Waals surface area (Å²) in [5, 5.41) is 0. The maximum atomic E-state index is 13.0. The molecule has 2 aromatic rings. The average molecular weight is 338 g/mol. The molecule has 1 amide bonds. The van der Waals surface area contributed by atoms with Crippen molar-refractivity contribution in [2.24, 2.45) is 0 Å². The molecule has 25 heavy (non-hydrogen) atoms. The molecule has 0 N–H and O–H groups in total. The molecule has 3 aliphatic rings. The van der Waals surface area contributed by atoms with Crippen LogP contribution in [0.1, 0.15) is 59.1 Å². The molecular weight excluding hydrogens is 316 g/mol. The third-order valence-corrected chi connectivity index (χ3v) is 5.90. The maximum absolute atomic E-state index is 13.0. The van der Waals surface area contributed by atoms with Gasteiger partial charge in [0, 0.05) is 37.6 Å². The summed E-state index contributed by atoms with van der Waals surface area (Å²) in [5.74, 6) is 0.945. The van der Waals surface area contributed by atoms with Gasteiger partial charge in [-0.25, -0.2) is 4.98 Å². The fourth-order valence-electron chi connectivity index (χ4n) is 4.29. The molecule has 0 atom stereocenters. The first-order chi connectivity index (χ1) is 12.3. The van der Waals surface area contributed by atoms with Crippen LogP contribution >= 0.6 is 0 Å². The highest BCUT2D eigenvalue weighted by atomic mass is 16.5. The summed E-state index contributed by atoms with van der Waals surface area (Å²) in [6, 6.07) is 8.53. The monoisotopic (exact) mass is 338 g/mol. The first-order valence-electron chi connectivity index (χ1n) is 9.16. The van der Waals surface area contributed by atoms with Gasteiger partial charge in [-0.15, -0.1) is 0 Å². The number of hydrogen-bond donors (Lipinski definition) is 0. The number of carbonyl (C=O) groups is 1. The second-order valence-corrected chi connectivity index (χ2v) is 7.56. The summed E-state index contributed by atoms with van der Waals surface area (Å²) in [4.78, 5) is 19.5. The van der Waals surface area contributed by atoms with Crippen LogP contribution in [-0.2, 0) is 16.7 Å². The highest BCUT2D eigenvalue weighted by Crippen LogP contribution is 2.52. The van der Waals surface area contributed by atoms with Crippen molar-refractivity contribution >= 4 is 5.91 Å². The first kappa shape index (κ1) is 15.1. The molecule has 5 nitrogen and oxygen atoms in total. The second-order valence-electron chi connectivity index (χ2n) is 7.56. The summed E-state index contributed by atoms with van der Waals surface area (Å²) in [5.41, 5.74) is 3.32. The van der Waals surface area contributed by atoms with Crippen molar-refractivity contribution in [3.63, 3.8) is 0 Å². The van der Waals surface area contributed by atoms with Crippen molar-refractivity contribution < 1.29 is 13.9 Å². The van der Waals surface area contributed by atoms with Crippen LogP contribution in [-0.4, -0.2) is 35.5 Å². The van der Waals surface area contributed by atoms with Gasteiger partial charge >= 0.3 is 0 Å². The number of hydrogen-bond acceptors (Lipinski definition) is 4. The zero-order valence-electron chi connectivity index (χ0n) is 14.2. The van der Waals surface area contributed by atoms with Gasteiger partial charge in [-0.2, -0.15) is 0 Å². The summed E-state index contributed by atoms with van der Waals surface area (Å²) >= 11 is 0. The number of aromatic nitrogens is 1. The second kappa shape index (κ2) is 5.70. The van der Waals surface area contributed by atoms with E-state index in [0.29, 0.717) is 18.1 Å². The third-order valence-electron chi connectivity index (χ3n) is 5.90. The Morgan fingerprint density at radius 1 is 1.20 bits per heavy atom. The highest BCUT2D eigenvalue weighted by Gasteiger charge is 2.50. The van der Waals surface area contributed by atoms with Gasteiger partial charge in [0.05, 0.1) is 0 Å². The van der Waals surface area contributed by atoms with Crippen molar-refractivity contribution in [1.29, 1.82) is 0 Å². The molecule has 1 aliphatic carbocycles. The fourth-order valence-corrected chi connectivity index (χ4v) is 4.29.